The standard InChI is InChI=1S/HIO4.H2O3S2/c2-1(3,4)5;1-5(2,3)4/h2H;(H2,1,2,3,4). The molecule has 0 aliphatic rings. The van der Waals surface area contributed by atoms with Crippen molar-refractivity contribution >= 4 is 20.2 Å². The molecular weight excluding hydrogens is 303 g/mol. The van der Waals surface area contributed by atoms with E-state index in [-0.39, 0.29) is 0 Å². The van der Waals surface area contributed by atoms with Crippen molar-refractivity contribution in [1.29, 1.82) is 0 Å². The van der Waals surface area contributed by atoms with E-state index in [0.29, 0.717) is 0 Å². The molecule has 3 N–H and O–H groups in total. The first-order chi connectivity index (χ1) is 4.00. The lowest BCUT2D eigenvalue weighted by Crippen LogP contribution is -4.23. The highest BCUT2D eigenvalue weighted by Crippen LogP contribution is 1.62. The monoisotopic (exact) mass is 306 g/mol. The van der Waals surface area contributed by atoms with Crippen LogP contribution in [0, 0.1) is 0 Å². The third-order valence-corrected chi connectivity index (χ3v) is 0. The molecule has 10 heteroatoms. The van der Waals surface area contributed by atoms with E-state index in [1.807, 2.05) is 0 Å². The van der Waals surface area contributed by atoms with Gasteiger partial charge in [-0.2, -0.15) is 4.21 Å². The minimum absolute atomic E-state index is 3.47. The van der Waals surface area contributed by atoms with Crippen molar-refractivity contribution in [1.82, 2.24) is 0 Å². The lowest BCUT2D eigenvalue weighted by molar-refractivity contribution is -1.92. The molecule has 0 amide bonds. The number of hydrogen-bond donors (Lipinski definition) is 3. The summed E-state index contributed by atoms with van der Waals surface area (Å²) < 4.78 is 57.2. The number of hydrogen-bond acceptors (Lipinski definition) is 6. The Kier molecular flexibility index (Phi) is 6.29. The largest absolute Gasteiger partial charge is 0.368 e. The molecule has 7 nitrogen and oxygen atoms in total. The van der Waals surface area contributed by atoms with Gasteiger partial charge in [0.1, 0.15) is 0 Å². The summed E-state index contributed by atoms with van der Waals surface area (Å²) in [6, 6.07) is 0. The van der Waals surface area contributed by atoms with E-state index in [1.165, 1.54) is 0 Å². The Balaban J connectivity index is 0. The SMILES string of the molecule is O=S(O)(O)=S.[O-][I+3]([O-])([O-])O. The third kappa shape index (κ3) is 740. The average molecular weight is 306 g/mol. The molecule has 0 radical (unpaired) electrons. The van der Waals surface area contributed by atoms with Crippen molar-refractivity contribution in [3.63, 3.8) is 0 Å². The highest BCUT2D eigenvalue weighted by Gasteiger charge is 2.11. The molecule has 0 unspecified atom stereocenters. The first-order valence-electron chi connectivity index (χ1n) is 1.33. The zero-order valence-corrected chi connectivity index (χ0v) is 7.96. The summed E-state index contributed by atoms with van der Waals surface area (Å²) in [5.74, 6) is 0. The lowest BCUT2D eigenvalue weighted by atomic mass is 15.8. The molecule has 0 aromatic carbocycles. The second-order valence-corrected chi connectivity index (χ2v) is 5.30. The van der Waals surface area contributed by atoms with Crippen LogP contribution < -0.4 is 30.4 Å². The van der Waals surface area contributed by atoms with Gasteiger partial charge in [0.25, 0.3) is 9.05 Å². The predicted molar refractivity (Wildman–Crippen MR) is 23.0 cm³/mol. The molecule has 0 spiro atoms. The van der Waals surface area contributed by atoms with Crippen LogP contribution in [0.15, 0.2) is 0 Å². The number of rotatable bonds is 0. The molecule has 0 saturated carbocycles. The van der Waals surface area contributed by atoms with E-state index >= 15 is 0 Å². The van der Waals surface area contributed by atoms with Crippen LogP contribution in [0.4, 0.5) is 0 Å². The normalized spacial score (nSPS) is 11.8. The Morgan fingerprint density at radius 2 is 1.30 bits per heavy atom. The first-order valence-corrected chi connectivity index (χ1v) is 7.33. The van der Waals surface area contributed by atoms with Crippen molar-refractivity contribution < 1.29 is 47.2 Å². The van der Waals surface area contributed by atoms with Gasteiger partial charge in [0, 0.05) is 14.6 Å². The predicted octanol–water partition coefficient (Wildman–Crippen LogP) is -7.44. The van der Waals surface area contributed by atoms with Gasteiger partial charge < -0.3 is 0 Å². The smallest absolute Gasteiger partial charge is 0.285 e. The summed E-state index contributed by atoms with van der Waals surface area (Å²) in [5, 5.41) is 0. The van der Waals surface area contributed by atoms with Gasteiger partial charge in [-0.1, -0.05) is 0 Å². The van der Waals surface area contributed by atoms with Gasteiger partial charge in [0.15, 0.2) is 0 Å². The van der Waals surface area contributed by atoms with Crippen LogP contribution in [0.3, 0.4) is 0 Å². The van der Waals surface area contributed by atoms with Crippen molar-refractivity contribution in [2.75, 3.05) is 0 Å². The second-order valence-electron chi connectivity index (χ2n) is 0.844. The van der Waals surface area contributed by atoms with E-state index < -0.39 is 29.1 Å². The molecule has 0 heterocycles. The van der Waals surface area contributed by atoms with Crippen LogP contribution >= 0.6 is 0 Å². The first kappa shape index (κ1) is 13.4. The molecule has 10 heavy (non-hydrogen) atoms. The Hall–Kier alpha value is 0.860. The summed E-state index contributed by atoms with van der Waals surface area (Å²) in [6.07, 6.45) is 0. The highest BCUT2D eigenvalue weighted by molar-refractivity contribution is 8.26. The molecular formula is H3IO7S2. The maximum absolute atomic E-state index is 9.11. The topological polar surface area (TPSA) is 147 Å². The average Bonchev–Trinajstić information content (AvgIpc) is 1.12. The van der Waals surface area contributed by atoms with E-state index in [2.05, 4.69) is 11.2 Å². The van der Waals surface area contributed by atoms with Crippen LogP contribution in [-0.2, 0) is 20.2 Å². The molecule has 0 aliphatic heterocycles. The molecule has 0 aromatic heterocycles. The van der Waals surface area contributed by atoms with E-state index in [0.717, 1.165) is 0 Å². The zero-order valence-electron chi connectivity index (χ0n) is 4.17. The highest BCUT2D eigenvalue weighted by atomic mass is 127. The molecule has 0 fully saturated rings. The lowest BCUT2D eigenvalue weighted by Gasteiger charge is -1.93. The maximum atomic E-state index is 9.11. The van der Waals surface area contributed by atoms with Crippen molar-refractivity contribution in [2.24, 2.45) is 0 Å². The fourth-order valence-corrected chi connectivity index (χ4v) is 0. The molecule has 0 atom stereocenters. The molecule has 0 saturated heterocycles. The van der Waals surface area contributed by atoms with Crippen LogP contribution in [0.25, 0.3) is 0 Å². The zero-order chi connectivity index (χ0) is 9.00. The minimum atomic E-state index is -5.69. The van der Waals surface area contributed by atoms with Crippen LogP contribution in [-0.4, -0.2) is 16.8 Å². The second kappa shape index (κ2) is 4.68. The minimum Gasteiger partial charge on any atom is -0.285 e. The van der Waals surface area contributed by atoms with Gasteiger partial charge in [-0.15, -0.1) is 0 Å². The Bertz CT molecular complexity index is 147. The van der Waals surface area contributed by atoms with E-state index in [1.54, 1.807) is 0 Å². The molecule has 0 bridgehead atoms. The molecule has 0 rings (SSSR count). The summed E-state index contributed by atoms with van der Waals surface area (Å²) in [6.45, 7) is 0. The summed E-state index contributed by atoms with van der Waals surface area (Å²) in [7, 11) is -3.83. The van der Waals surface area contributed by atoms with Crippen molar-refractivity contribution in [3.8, 4) is 0 Å². The Morgan fingerprint density at radius 1 is 1.30 bits per heavy atom. The van der Waals surface area contributed by atoms with Gasteiger partial charge in [-0.05, 0) is 0 Å². The van der Waals surface area contributed by atoms with Crippen LogP contribution in [0.1, 0.15) is 0 Å². The van der Waals surface area contributed by atoms with Crippen molar-refractivity contribution in [3.05, 3.63) is 0 Å². The van der Waals surface area contributed by atoms with Gasteiger partial charge in [0.2, 0.25) is 0 Å². The van der Waals surface area contributed by atoms with Gasteiger partial charge >= 0.3 is 20.1 Å². The van der Waals surface area contributed by atoms with Crippen molar-refractivity contribution in [2.45, 2.75) is 0 Å². The van der Waals surface area contributed by atoms with Gasteiger partial charge in [0.05, 0.1) is 0 Å². The fourth-order valence-electron chi connectivity index (χ4n) is 0. The quantitative estimate of drug-likeness (QED) is 0.374. The molecule has 64 valence electrons. The van der Waals surface area contributed by atoms with E-state index in [4.69, 9.17) is 27.1 Å². The van der Waals surface area contributed by atoms with Crippen LogP contribution in [0.2, 0.25) is 0 Å². The maximum Gasteiger partial charge on any atom is 0.368 e. The van der Waals surface area contributed by atoms with Gasteiger partial charge in [-0.25, -0.2) is 0 Å². The van der Waals surface area contributed by atoms with E-state index in [9.17, 15) is 0 Å². The molecule has 0 aliphatic carbocycles. The summed E-state index contributed by atoms with van der Waals surface area (Å²) in [4.78, 5) is 0. The Morgan fingerprint density at radius 3 is 1.30 bits per heavy atom. The molecule has 0 aromatic rings. The Labute approximate surface area is 67.4 Å². The third-order valence-electron chi connectivity index (χ3n) is 0. The fraction of sp³-hybridized carbons (Fsp3) is 0. The number of halogens is 1. The van der Waals surface area contributed by atoms with Crippen LogP contribution in [0.5, 0.6) is 0 Å². The summed E-state index contributed by atoms with van der Waals surface area (Å²) >= 11 is -2.22. The summed E-state index contributed by atoms with van der Waals surface area (Å²) in [5.41, 5.74) is 0. The van der Waals surface area contributed by atoms with Gasteiger partial charge in [-0.3, -0.25) is 19.4 Å².